The van der Waals surface area contributed by atoms with Gasteiger partial charge in [-0.15, -0.1) is 11.3 Å². The zero-order valence-corrected chi connectivity index (χ0v) is 14.0. The standard InChI is InChI=1S/C11H8BrF3N2O3S2/c1-5-2-8(21-9(5)12)22(19,20)17-7-3-6(11(13,14)15)4-16-10(7)18/h2-4,17H,1H3,(H,16,18). The largest absolute Gasteiger partial charge is 0.417 e. The maximum Gasteiger partial charge on any atom is 0.417 e. The lowest BCUT2D eigenvalue weighted by molar-refractivity contribution is -0.137. The van der Waals surface area contributed by atoms with Crippen LogP contribution in [0.3, 0.4) is 0 Å². The summed E-state index contributed by atoms with van der Waals surface area (Å²) in [4.78, 5) is 13.4. The summed E-state index contributed by atoms with van der Waals surface area (Å²) in [6, 6.07) is 1.80. The van der Waals surface area contributed by atoms with Gasteiger partial charge in [-0.3, -0.25) is 9.52 Å². The van der Waals surface area contributed by atoms with Crippen molar-refractivity contribution in [3.05, 3.63) is 43.6 Å². The Hall–Kier alpha value is -1.33. The molecule has 0 atom stereocenters. The van der Waals surface area contributed by atoms with Gasteiger partial charge in [-0.2, -0.15) is 13.2 Å². The monoisotopic (exact) mass is 416 g/mol. The fraction of sp³-hybridized carbons (Fsp3) is 0.182. The molecule has 2 aromatic rings. The molecule has 11 heteroatoms. The van der Waals surface area contributed by atoms with Crippen LogP contribution in [0.5, 0.6) is 0 Å². The number of alkyl halides is 3. The second kappa shape index (κ2) is 5.70. The first-order chi connectivity index (χ1) is 10.0. The molecule has 22 heavy (non-hydrogen) atoms. The van der Waals surface area contributed by atoms with Crippen molar-refractivity contribution in [2.24, 2.45) is 0 Å². The van der Waals surface area contributed by atoms with E-state index in [-0.39, 0.29) is 4.21 Å². The van der Waals surface area contributed by atoms with Crippen molar-refractivity contribution in [3.8, 4) is 0 Å². The van der Waals surface area contributed by atoms with Crippen molar-refractivity contribution in [1.29, 1.82) is 0 Å². The molecule has 0 saturated carbocycles. The predicted octanol–water partition coefficient (Wildman–Crippen LogP) is 3.33. The Morgan fingerprint density at radius 2 is 1.95 bits per heavy atom. The molecule has 0 amide bonds. The van der Waals surface area contributed by atoms with Gasteiger partial charge in [-0.1, -0.05) is 0 Å². The topological polar surface area (TPSA) is 79.0 Å². The minimum absolute atomic E-state index is 0.117. The Bertz CT molecular complexity index is 852. The molecule has 5 nitrogen and oxygen atoms in total. The molecule has 2 heterocycles. The Morgan fingerprint density at radius 3 is 2.45 bits per heavy atom. The highest BCUT2D eigenvalue weighted by Gasteiger charge is 2.32. The summed E-state index contributed by atoms with van der Waals surface area (Å²) in [5, 5.41) is 0. The van der Waals surface area contributed by atoms with E-state index in [9.17, 15) is 26.4 Å². The fourth-order valence-electron chi connectivity index (χ4n) is 1.48. The number of nitrogens with one attached hydrogen (secondary N) is 2. The van der Waals surface area contributed by atoms with Gasteiger partial charge in [0.15, 0.2) is 0 Å². The first-order valence-corrected chi connectivity index (χ1v) is 8.68. The second-order valence-corrected chi connectivity index (χ2v) is 8.54. The molecule has 0 radical (unpaired) electrons. The third kappa shape index (κ3) is 3.52. The van der Waals surface area contributed by atoms with Gasteiger partial charge in [0.1, 0.15) is 9.90 Å². The number of thiophene rings is 1. The van der Waals surface area contributed by atoms with Crippen LogP contribution >= 0.6 is 27.3 Å². The van der Waals surface area contributed by atoms with Gasteiger partial charge in [0.25, 0.3) is 15.6 Å². The molecule has 0 bridgehead atoms. The van der Waals surface area contributed by atoms with Gasteiger partial charge in [0.05, 0.1) is 9.35 Å². The normalized spacial score (nSPS) is 12.4. The van der Waals surface area contributed by atoms with Crippen molar-refractivity contribution in [3.63, 3.8) is 0 Å². The van der Waals surface area contributed by atoms with Crippen LogP contribution in [0.15, 0.2) is 31.1 Å². The molecule has 0 unspecified atom stereocenters. The van der Waals surface area contributed by atoms with Gasteiger partial charge in [-0.25, -0.2) is 8.42 Å². The van der Waals surface area contributed by atoms with Gasteiger partial charge in [-0.05, 0) is 40.5 Å². The van der Waals surface area contributed by atoms with Crippen LogP contribution in [0.1, 0.15) is 11.1 Å². The molecule has 0 fully saturated rings. The number of aromatic amines is 1. The van der Waals surface area contributed by atoms with E-state index < -0.39 is 33.0 Å². The summed E-state index contributed by atoms with van der Waals surface area (Å²) in [5.41, 5.74) is -2.17. The Labute approximate surface area is 135 Å². The number of hydrogen-bond donors (Lipinski definition) is 2. The molecule has 2 aromatic heterocycles. The molecule has 0 aliphatic rings. The minimum atomic E-state index is -4.70. The fourth-order valence-corrected chi connectivity index (χ4v) is 4.76. The maximum atomic E-state index is 12.6. The zero-order chi connectivity index (χ0) is 16.7. The van der Waals surface area contributed by atoms with E-state index in [0.717, 1.165) is 11.3 Å². The lowest BCUT2D eigenvalue weighted by atomic mass is 10.2. The highest BCUT2D eigenvalue weighted by atomic mass is 79.9. The third-order valence-corrected chi connectivity index (χ3v) is 6.55. The average molecular weight is 417 g/mol. The van der Waals surface area contributed by atoms with Crippen LogP contribution in [-0.4, -0.2) is 13.4 Å². The van der Waals surface area contributed by atoms with E-state index in [1.807, 2.05) is 9.71 Å². The van der Waals surface area contributed by atoms with Crippen molar-refractivity contribution >= 4 is 43.0 Å². The first-order valence-electron chi connectivity index (χ1n) is 5.59. The van der Waals surface area contributed by atoms with E-state index in [0.29, 0.717) is 21.6 Å². The SMILES string of the molecule is Cc1cc(S(=O)(=O)Nc2cc(C(F)(F)F)c[nH]c2=O)sc1Br. The van der Waals surface area contributed by atoms with Crippen LogP contribution in [0.2, 0.25) is 0 Å². The molecule has 0 aliphatic heterocycles. The molecular weight excluding hydrogens is 409 g/mol. The quantitative estimate of drug-likeness (QED) is 0.805. The van der Waals surface area contributed by atoms with E-state index in [1.54, 1.807) is 6.92 Å². The predicted molar refractivity (Wildman–Crippen MR) is 79.6 cm³/mol. The smallest absolute Gasteiger partial charge is 0.327 e. The van der Waals surface area contributed by atoms with Crippen molar-refractivity contribution < 1.29 is 21.6 Å². The zero-order valence-electron chi connectivity index (χ0n) is 10.8. The molecular formula is C11H8BrF3N2O3S2. The molecule has 2 N–H and O–H groups in total. The summed E-state index contributed by atoms with van der Waals surface area (Å²) in [5.74, 6) is 0. The van der Waals surface area contributed by atoms with Gasteiger partial charge in [0, 0.05) is 6.20 Å². The number of hydrogen-bond acceptors (Lipinski definition) is 4. The maximum absolute atomic E-state index is 12.6. The Balaban J connectivity index is 2.44. The Kier molecular flexibility index (Phi) is 4.42. The summed E-state index contributed by atoms with van der Waals surface area (Å²) in [7, 11) is -4.15. The number of pyridine rings is 1. The highest BCUT2D eigenvalue weighted by Crippen LogP contribution is 2.32. The lowest BCUT2D eigenvalue weighted by Gasteiger charge is -2.09. The van der Waals surface area contributed by atoms with E-state index in [1.165, 1.54) is 6.07 Å². The van der Waals surface area contributed by atoms with Crippen LogP contribution in [0, 0.1) is 6.92 Å². The average Bonchev–Trinajstić information content (AvgIpc) is 2.71. The first kappa shape index (κ1) is 17.0. The second-order valence-electron chi connectivity index (χ2n) is 4.26. The summed E-state index contributed by atoms with van der Waals surface area (Å²) >= 11 is 4.04. The van der Waals surface area contributed by atoms with E-state index >= 15 is 0 Å². The number of anilines is 1. The summed E-state index contributed by atoms with van der Waals surface area (Å²) in [6.45, 7) is 1.66. The third-order valence-electron chi connectivity index (χ3n) is 2.57. The molecule has 0 aliphatic carbocycles. The van der Waals surface area contributed by atoms with Crippen LogP contribution in [0.25, 0.3) is 0 Å². The minimum Gasteiger partial charge on any atom is -0.327 e. The molecule has 2 rings (SSSR count). The van der Waals surface area contributed by atoms with Crippen molar-refractivity contribution in [2.45, 2.75) is 17.3 Å². The number of aromatic nitrogens is 1. The van der Waals surface area contributed by atoms with Crippen molar-refractivity contribution in [1.82, 2.24) is 4.98 Å². The summed E-state index contributed by atoms with van der Waals surface area (Å²) in [6.07, 6.45) is -4.22. The van der Waals surface area contributed by atoms with E-state index in [4.69, 9.17) is 0 Å². The number of rotatable bonds is 3. The molecule has 0 spiro atoms. The number of sulfonamides is 1. The molecule has 0 aromatic carbocycles. The number of halogens is 4. The number of H-pyrrole nitrogens is 1. The van der Waals surface area contributed by atoms with E-state index in [2.05, 4.69) is 15.9 Å². The van der Waals surface area contributed by atoms with Crippen LogP contribution in [-0.2, 0) is 16.2 Å². The molecule has 120 valence electrons. The van der Waals surface area contributed by atoms with Gasteiger partial charge in [0.2, 0.25) is 0 Å². The van der Waals surface area contributed by atoms with Crippen LogP contribution in [0.4, 0.5) is 18.9 Å². The lowest BCUT2D eigenvalue weighted by Crippen LogP contribution is -2.21. The Morgan fingerprint density at radius 1 is 1.32 bits per heavy atom. The molecule has 0 saturated heterocycles. The van der Waals surface area contributed by atoms with Gasteiger partial charge < -0.3 is 4.98 Å². The van der Waals surface area contributed by atoms with Gasteiger partial charge >= 0.3 is 6.18 Å². The highest BCUT2D eigenvalue weighted by molar-refractivity contribution is 9.11. The number of aryl methyl sites for hydroxylation is 1. The van der Waals surface area contributed by atoms with Crippen molar-refractivity contribution in [2.75, 3.05) is 4.72 Å². The summed E-state index contributed by atoms with van der Waals surface area (Å²) < 4.78 is 64.4. The van der Waals surface area contributed by atoms with Crippen LogP contribution < -0.4 is 10.3 Å².